The second-order valence-electron chi connectivity index (χ2n) is 5.69. The van der Waals surface area contributed by atoms with E-state index in [0.717, 1.165) is 25.1 Å². The van der Waals surface area contributed by atoms with Gasteiger partial charge in [0.25, 0.3) is 0 Å². The van der Waals surface area contributed by atoms with Gasteiger partial charge in [0.2, 0.25) is 0 Å². The van der Waals surface area contributed by atoms with Crippen LogP contribution >= 0.6 is 0 Å². The summed E-state index contributed by atoms with van der Waals surface area (Å²) in [5, 5.41) is 0. The summed E-state index contributed by atoms with van der Waals surface area (Å²) >= 11 is 0. The lowest BCUT2D eigenvalue weighted by Crippen LogP contribution is -2.13. The lowest BCUT2D eigenvalue weighted by molar-refractivity contribution is -0.00485. The largest absolute Gasteiger partial charge is 0.491 e. The smallest absolute Gasteiger partial charge is 0.150 e. The molecule has 0 aliphatic carbocycles. The zero-order valence-corrected chi connectivity index (χ0v) is 15.8. The third-order valence-corrected chi connectivity index (χ3v) is 3.52. The van der Waals surface area contributed by atoms with E-state index in [1.54, 1.807) is 24.3 Å². The fourth-order valence-corrected chi connectivity index (χ4v) is 2.08. The molecule has 0 amide bonds. The summed E-state index contributed by atoms with van der Waals surface area (Å²) in [7, 11) is 0. The van der Waals surface area contributed by atoms with E-state index >= 15 is 0 Å². The van der Waals surface area contributed by atoms with Gasteiger partial charge in [-0.2, -0.15) is 0 Å². The maximum Gasteiger partial charge on any atom is 0.150 e. The van der Waals surface area contributed by atoms with Crippen molar-refractivity contribution in [3.8, 4) is 5.75 Å². The van der Waals surface area contributed by atoms with Crippen molar-refractivity contribution < 1.29 is 28.5 Å². The Morgan fingerprint density at radius 1 is 0.692 bits per heavy atom. The molecule has 0 atom stereocenters. The minimum absolute atomic E-state index is 0.460. The van der Waals surface area contributed by atoms with E-state index in [-0.39, 0.29) is 0 Å². The number of hydrogen-bond acceptors (Lipinski definition) is 6. The van der Waals surface area contributed by atoms with Crippen LogP contribution in [-0.4, -0.2) is 65.7 Å². The number of unbranched alkanes of at least 4 members (excludes halogenated alkanes) is 2. The minimum Gasteiger partial charge on any atom is -0.491 e. The fourth-order valence-electron chi connectivity index (χ4n) is 2.08. The number of rotatable bonds is 18. The first-order valence-electron chi connectivity index (χ1n) is 9.36. The van der Waals surface area contributed by atoms with Gasteiger partial charge >= 0.3 is 0 Å². The Balaban J connectivity index is 1.77. The lowest BCUT2D eigenvalue weighted by Gasteiger charge is -2.08. The topological polar surface area (TPSA) is 63.2 Å². The second-order valence-corrected chi connectivity index (χ2v) is 5.69. The Morgan fingerprint density at radius 2 is 1.19 bits per heavy atom. The molecular formula is C20H32O6. The molecule has 0 heterocycles. The van der Waals surface area contributed by atoms with E-state index < -0.39 is 0 Å². The highest BCUT2D eigenvalue weighted by molar-refractivity contribution is 5.74. The van der Waals surface area contributed by atoms with Crippen molar-refractivity contribution in [1.82, 2.24) is 0 Å². The van der Waals surface area contributed by atoms with Crippen molar-refractivity contribution in [2.75, 3.05) is 59.5 Å². The van der Waals surface area contributed by atoms with Gasteiger partial charge in [0.1, 0.15) is 18.6 Å². The zero-order valence-electron chi connectivity index (χ0n) is 15.8. The van der Waals surface area contributed by atoms with Crippen LogP contribution in [0.2, 0.25) is 0 Å². The standard InChI is InChI=1S/C20H32O6/c1-2-3-4-9-22-10-11-23-12-13-24-14-15-25-16-17-26-20-7-5-19(18-21)6-8-20/h5-8,18H,2-4,9-17H2,1H3. The van der Waals surface area contributed by atoms with Gasteiger partial charge in [-0.05, 0) is 30.7 Å². The van der Waals surface area contributed by atoms with Gasteiger partial charge in [-0.25, -0.2) is 0 Å². The van der Waals surface area contributed by atoms with Crippen LogP contribution in [0.4, 0.5) is 0 Å². The van der Waals surface area contributed by atoms with Crippen molar-refractivity contribution in [3.63, 3.8) is 0 Å². The molecule has 6 nitrogen and oxygen atoms in total. The van der Waals surface area contributed by atoms with E-state index in [0.29, 0.717) is 58.4 Å². The number of aldehydes is 1. The predicted molar refractivity (Wildman–Crippen MR) is 100 cm³/mol. The maximum absolute atomic E-state index is 10.5. The highest BCUT2D eigenvalue weighted by Crippen LogP contribution is 2.10. The normalized spacial score (nSPS) is 10.8. The summed E-state index contributed by atoms with van der Waals surface area (Å²) < 4.78 is 27.2. The first kappa shape index (κ1) is 22.6. The van der Waals surface area contributed by atoms with Crippen molar-refractivity contribution in [2.45, 2.75) is 26.2 Å². The fraction of sp³-hybridized carbons (Fsp3) is 0.650. The quantitative estimate of drug-likeness (QED) is 0.293. The van der Waals surface area contributed by atoms with Gasteiger partial charge in [0, 0.05) is 12.2 Å². The summed E-state index contributed by atoms with van der Waals surface area (Å²) in [6.07, 6.45) is 4.36. The minimum atomic E-state index is 0.460. The number of carbonyl (C=O) groups is 1. The van der Waals surface area contributed by atoms with Crippen molar-refractivity contribution >= 4 is 6.29 Å². The molecule has 6 heteroatoms. The van der Waals surface area contributed by atoms with E-state index in [9.17, 15) is 4.79 Å². The third-order valence-electron chi connectivity index (χ3n) is 3.52. The highest BCUT2D eigenvalue weighted by atomic mass is 16.6. The molecule has 0 aromatic heterocycles. The third kappa shape index (κ3) is 12.8. The average molecular weight is 368 g/mol. The Hall–Kier alpha value is -1.47. The molecule has 0 aliphatic rings. The molecule has 0 bridgehead atoms. The first-order valence-corrected chi connectivity index (χ1v) is 9.36. The summed E-state index contributed by atoms with van der Waals surface area (Å²) in [6, 6.07) is 6.97. The van der Waals surface area contributed by atoms with Gasteiger partial charge in [-0.1, -0.05) is 19.8 Å². The van der Waals surface area contributed by atoms with Gasteiger partial charge in [0.05, 0.1) is 46.2 Å². The molecule has 0 aliphatic heterocycles. The first-order chi connectivity index (χ1) is 12.9. The molecule has 0 unspecified atom stereocenters. The summed E-state index contributed by atoms with van der Waals surface area (Å²) in [4.78, 5) is 10.5. The van der Waals surface area contributed by atoms with Crippen molar-refractivity contribution in [3.05, 3.63) is 29.8 Å². The van der Waals surface area contributed by atoms with Gasteiger partial charge in [-0.15, -0.1) is 0 Å². The number of carbonyl (C=O) groups excluding carboxylic acids is 1. The Kier molecular flexibility index (Phi) is 14.7. The Bertz CT molecular complexity index is 434. The van der Waals surface area contributed by atoms with Crippen molar-refractivity contribution in [2.24, 2.45) is 0 Å². The molecule has 0 N–H and O–H groups in total. The molecule has 1 rings (SSSR count). The Labute approximate surface area is 156 Å². The van der Waals surface area contributed by atoms with E-state index in [2.05, 4.69) is 6.92 Å². The summed E-state index contributed by atoms with van der Waals surface area (Å²) in [5.41, 5.74) is 0.634. The van der Waals surface area contributed by atoms with E-state index in [1.165, 1.54) is 12.8 Å². The molecule has 0 saturated heterocycles. The predicted octanol–water partition coefficient (Wildman–Crippen LogP) is 3.13. The molecule has 0 fully saturated rings. The molecule has 1 aromatic carbocycles. The molecular weight excluding hydrogens is 336 g/mol. The van der Waals surface area contributed by atoms with Crippen molar-refractivity contribution in [1.29, 1.82) is 0 Å². The monoisotopic (exact) mass is 368 g/mol. The van der Waals surface area contributed by atoms with Crippen LogP contribution in [-0.2, 0) is 18.9 Å². The van der Waals surface area contributed by atoms with Crippen LogP contribution in [0.5, 0.6) is 5.75 Å². The van der Waals surface area contributed by atoms with Crippen LogP contribution < -0.4 is 4.74 Å². The molecule has 1 aromatic rings. The summed E-state index contributed by atoms with van der Waals surface area (Å²) in [5.74, 6) is 0.724. The number of ether oxygens (including phenoxy) is 5. The number of benzene rings is 1. The van der Waals surface area contributed by atoms with Crippen LogP contribution in [0.15, 0.2) is 24.3 Å². The van der Waals surface area contributed by atoms with E-state index in [4.69, 9.17) is 23.7 Å². The van der Waals surface area contributed by atoms with Crippen LogP contribution in [0.25, 0.3) is 0 Å². The maximum atomic E-state index is 10.5. The zero-order chi connectivity index (χ0) is 18.7. The molecule has 148 valence electrons. The van der Waals surface area contributed by atoms with Crippen LogP contribution in [0.3, 0.4) is 0 Å². The van der Waals surface area contributed by atoms with Crippen LogP contribution in [0, 0.1) is 0 Å². The van der Waals surface area contributed by atoms with Gasteiger partial charge in [0.15, 0.2) is 0 Å². The second kappa shape index (κ2) is 17.0. The SMILES string of the molecule is CCCCCOCCOCCOCCOCCOc1ccc(C=O)cc1. The lowest BCUT2D eigenvalue weighted by atomic mass is 10.2. The van der Waals surface area contributed by atoms with Gasteiger partial charge < -0.3 is 23.7 Å². The Morgan fingerprint density at radius 3 is 1.69 bits per heavy atom. The van der Waals surface area contributed by atoms with E-state index in [1.807, 2.05) is 0 Å². The molecule has 0 spiro atoms. The van der Waals surface area contributed by atoms with Gasteiger partial charge in [-0.3, -0.25) is 4.79 Å². The average Bonchev–Trinajstić information content (AvgIpc) is 2.68. The highest BCUT2D eigenvalue weighted by Gasteiger charge is 1.96. The molecule has 26 heavy (non-hydrogen) atoms. The molecule has 0 saturated carbocycles. The molecule has 0 radical (unpaired) electrons. The van der Waals surface area contributed by atoms with Crippen LogP contribution in [0.1, 0.15) is 36.5 Å². The summed E-state index contributed by atoms with van der Waals surface area (Å²) in [6.45, 7) is 7.38. The number of hydrogen-bond donors (Lipinski definition) is 0.